The topological polar surface area (TPSA) is 50.2 Å². The summed E-state index contributed by atoms with van der Waals surface area (Å²) in [7, 11) is 2.06. The molecule has 0 unspecified atom stereocenters. The van der Waals surface area contributed by atoms with E-state index in [1.807, 2.05) is 48.5 Å². The number of aromatic nitrogens is 2. The minimum absolute atomic E-state index is 0.0265. The number of hydrogen-bond acceptors (Lipinski definition) is 3. The third-order valence-corrected chi connectivity index (χ3v) is 5.16. The first-order chi connectivity index (χ1) is 12.7. The Morgan fingerprint density at radius 1 is 1.15 bits per heavy atom. The zero-order valence-electron chi connectivity index (χ0n) is 15.1. The Morgan fingerprint density at radius 2 is 1.92 bits per heavy atom. The summed E-state index contributed by atoms with van der Waals surface area (Å²) in [5.74, 6) is 1.19. The zero-order chi connectivity index (χ0) is 17.9. The van der Waals surface area contributed by atoms with Crippen LogP contribution in [-0.2, 0) is 18.4 Å². The van der Waals surface area contributed by atoms with Crippen LogP contribution in [0.25, 0.3) is 11.0 Å². The van der Waals surface area contributed by atoms with Crippen molar-refractivity contribution in [3.63, 3.8) is 0 Å². The van der Waals surface area contributed by atoms with Gasteiger partial charge in [0.15, 0.2) is 0 Å². The average molecular weight is 348 g/mol. The van der Waals surface area contributed by atoms with Crippen molar-refractivity contribution < 1.29 is 4.79 Å². The lowest BCUT2D eigenvalue weighted by Gasteiger charge is -2.31. The molecular formula is C21H24N4O. The molecule has 5 nitrogen and oxygen atoms in total. The minimum Gasteiger partial charge on any atom is -0.330 e. The smallest absolute Gasteiger partial charge is 0.228 e. The summed E-state index contributed by atoms with van der Waals surface area (Å²) in [5, 5.41) is 3.04. The number of nitrogens with one attached hydrogen (secondary N) is 1. The van der Waals surface area contributed by atoms with E-state index < -0.39 is 0 Å². The molecule has 1 amide bonds. The summed E-state index contributed by atoms with van der Waals surface area (Å²) in [6.45, 7) is 2.57. The summed E-state index contributed by atoms with van der Waals surface area (Å²) >= 11 is 0. The van der Waals surface area contributed by atoms with E-state index in [1.165, 1.54) is 0 Å². The number of hydrogen-bond donors (Lipinski definition) is 1. The van der Waals surface area contributed by atoms with Gasteiger partial charge in [0, 0.05) is 19.3 Å². The second-order valence-electron chi connectivity index (χ2n) is 7.01. The van der Waals surface area contributed by atoms with Crippen molar-refractivity contribution in [3.8, 4) is 0 Å². The molecule has 1 aromatic heterocycles. The first-order valence-electron chi connectivity index (χ1n) is 9.19. The molecule has 3 aromatic rings. The molecule has 1 atom stereocenters. The Bertz CT molecular complexity index is 903. The maximum atomic E-state index is 12.6. The number of imidazole rings is 1. The molecule has 26 heavy (non-hydrogen) atoms. The molecule has 4 rings (SSSR count). The molecule has 2 heterocycles. The summed E-state index contributed by atoms with van der Waals surface area (Å²) in [5.41, 5.74) is 3.04. The molecule has 0 radical (unpaired) electrons. The number of piperidine rings is 1. The maximum Gasteiger partial charge on any atom is 0.228 e. The van der Waals surface area contributed by atoms with E-state index in [4.69, 9.17) is 4.98 Å². The summed E-state index contributed by atoms with van der Waals surface area (Å²) in [6, 6.07) is 17.9. The SMILES string of the molecule is Cn1c(CN2CCC[C@@H](C(=O)Nc3ccccc3)C2)nc2ccccc21. The quantitative estimate of drug-likeness (QED) is 0.786. The van der Waals surface area contributed by atoms with E-state index in [0.717, 1.165) is 55.0 Å². The fraction of sp³-hybridized carbons (Fsp3) is 0.333. The fourth-order valence-corrected chi connectivity index (χ4v) is 3.72. The number of benzene rings is 2. The first-order valence-corrected chi connectivity index (χ1v) is 9.19. The number of rotatable bonds is 4. The van der Waals surface area contributed by atoms with Gasteiger partial charge in [0.05, 0.1) is 23.5 Å². The maximum absolute atomic E-state index is 12.6. The van der Waals surface area contributed by atoms with Crippen LogP contribution in [0.5, 0.6) is 0 Å². The molecule has 2 aromatic carbocycles. The van der Waals surface area contributed by atoms with Crippen LogP contribution in [0.15, 0.2) is 54.6 Å². The lowest BCUT2D eigenvalue weighted by atomic mass is 9.97. The normalized spacial score (nSPS) is 18.1. The van der Waals surface area contributed by atoms with Crippen LogP contribution in [0.3, 0.4) is 0 Å². The molecule has 1 aliphatic rings. The van der Waals surface area contributed by atoms with Gasteiger partial charge in [-0.25, -0.2) is 4.98 Å². The number of carbonyl (C=O) groups excluding carboxylic acids is 1. The van der Waals surface area contributed by atoms with Gasteiger partial charge in [-0.15, -0.1) is 0 Å². The monoisotopic (exact) mass is 348 g/mol. The molecule has 1 aliphatic heterocycles. The highest BCUT2D eigenvalue weighted by Crippen LogP contribution is 2.22. The van der Waals surface area contributed by atoms with Gasteiger partial charge >= 0.3 is 0 Å². The minimum atomic E-state index is 0.0265. The number of anilines is 1. The van der Waals surface area contributed by atoms with Crippen molar-refractivity contribution in [1.29, 1.82) is 0 Å². The average Bonchev–Trinajstić information content (AvgIpc) is 2.99. The third-order valence-electron chi connectivity index (χ3n) is 5.16. The predicted molar refractivity (Wildman–Crippen MR) is 104 cm³/mol. The molecule has 0 bridgehead atoms. The first kappa shape index (κ1) is 16.8. The van der Waals surface area contributed by atoms with Gasteiger partial charge in [-0.3, -0.25) is 9.69 Å². The number of fused-ring (bicyclic) bond motifs is 1. The van der Waals surface area contributed by atoms with Gasteiger partial charge in [-0.2, -0.15) is 0 Å². The number of nitrogens with zero attached hydrogens (tertiary/aromatic N) is 3. The number of para-hydroxylation sites is 3. The zero-order valence-corrected chi connectivity index (χ0v) is 15.1. The van der Waals surface area contributed by atoms with Crippen molar-refractivity contribution in [2.45, 2.75) is 19.4 Å². The van der Waals surface area contributed by atoms with Crippen LogP contribution in [0, 0.1) is 5.92 Å². The highest BCUT2D eigenvalue weighted by atomic mass is 16.1. The van der Waals surface area contributed by atoms with Gasteiger partial charge in [-0.05, 0) is 43.7 Å². The van der Waals surface area contributed by atoms with Crippen LogP contribution in [-0.4, -0.2) is 33.4 Å². The molecule has 1 saturated heterocycles. The molecule has 5 heteroatoms. The summed E-state index contributed by atoms with van der Waals surface area (Å²) in [4.78, 5) is 19.7. The standard InChI is InChI=1S/C21H24N4O/c1-24-19-12-6-5-11-18(19)23-20(24)15-25-13-7-8-16(14-25)21(26)22-17-9-3-2-4-10-17/h2-6,9-12,16H,7-8,13-15H2,1H3,(H,22,26)/t16-/m1/s1. The van der Waals surface area contributed by atoms with Crippen LogP contribution >= 0.6 is 0 Å². The van der Waals surface area contributed by atoms with Gasteiger partial charge in [0.2, 0.25) is 5.91 Å². The number of likely N-dealkylation sites (tertiary alicyclic amines) is 1. The van der Waals surface area contributed by atoms with Gasteiger partial charge in [-0.1, -0.05) is 30.3 Å². The number of carbonyl (C=O) groups is 1. The van der Waals surface area contributed by atoms with E-state index in [1.54, 1.807) is 0 Å². The van der Waals surface area contributed by atoms with E-state index >= 15 is 0 Å². The predicted octanol–water partition coefficient (Wildman–Crippen LogP) is 3.42. The van der Waals surface area contributed by atoms with Crippen LogP contribution < -0.4 is 5.32 Å². The van der Waals surface area contributed by atoms with Crippen molar-refractivity contribution in [2.75, 3.05) is 18.4 Å². The Hall–Kier alpha value is -2.66. The molecule has 0 saturated carbocycles. The van der Waals surface area contributed by atoms with Crippen molar-refractivity contribution in [3.05, 3.63) is 60.4 Å². The highest BCUT2D eigenvalue weighted by molar-refractivity contribution is 5.92. The highest BCUT2D eigenvalue weighted by Gasteiger charge is 2.26. The van der Waals surface area contributed by atoms with Crippen LogP contribution in [0.2, 0.25) is 0 Å². The lowest BCUT2D eigenvalue weighted by molar-refractivity contribution is -0.121. The Labute approximate surface area is 153 Å². The van der Waals surface area contributed by atoms with Crippen molar-refractivity contribution in [1.82, 2.24) is 14.5 Å². The van der Waals surface area contributed by atoms with E-state index in [9.17, 15) is 4.79 Å². The molecule has 1 fully saturated rings. The summed E-state index contributed by atoms with van der Waals surface area (Å²) < 4.78 is 2.16. The lowest BCUT2D eigenvalue weighted by Crippen LogP contribution is -2.40. The Kier molecular flexibility index (Phi) is 4.71. The van der Waals surface area contributed by atoms with Crippen molar-refractivity contribution in [2.24, 2.45) is 13.0 Å². The Balaban J connectivity index is 1.43. The van der Waals surface area contributed by atoms with Crippen LogP contribution in [0.4, 0.5) is 5.69 Å². The van der Waals surface area contributed by atoms with Crippen LogP contribution in [0.1, 0.15) is 18.7 Å². The van der Waals surface area contributed by atoms with E-state index in [0.29, 0.717) is 0 Å². The second-order valence-corrected chi connectivity index (χ2v) is 7.01. The fourth-order valence-electron chi connectivity index (χ4n) is 3.72. The largest absolute Gasteiger partial charge is 0.330 e. The van der Waals surface area contributed by atoms with Gasteiger partial charge < -0.3 is 9.88 Å². The number of amides is 1. The number of aryl methyl sites for hydroxylation is 1. The Morgan fingerprint density at radius 3 is 2.73 bits per heavy atom. The molecular weight excluding hydrogens is 324 g/mol. The second kappa shape index (κ2) is 7.30. The molecule has 1 N–H and O–H groups in total. The van der Waals surface area contributed by atoms with E-state index in [2.05, 4.69) is 27.9 Å². The third kappa shape index (κ3) is 3.48. The molecule has 134 valence electrons. The van der Waals surface area contributed by atoms with Gasteiger partial charge in [0.25, 0.3) is 0 Å². The molecule has 0 aliphatic carbocycles. The van der Waals surface area contributed by atoms with E-state index in [-0.39, 0.29) is 11.8 Å². The van der Waals surface area contributed by atoms with Crippen molar-refractivity contribution >= 4 is 22.6 Å². The summed E-state index contributed by atoms with van der Waals surface area (Å²) in [6.07, 6.45) is 1.98. The van der Waals surface area contributed by atoms with Gasteiger partial charge in [0.1, 0.15) is 5.82 Å². The molecule has 0 spiro atoms.